The summed E-state index contributed by atoms with van der Waals surface area (Å²) in [6.07, 6.45) is 0. The third-order valence-corrected chi connectivity index (χ3v) is 2.22. The average molecular weight is 269 g/mol. The van der Waals surface area contributed by atoms with Crippen LogP contribution < -0.4 is 4.18 Å². The summed E-state index contributed by atoms with van der Waals surface area (Å²) in [5.74, 6) is 0.774. The van der Waals surface area contributed by atoms with Crippen molar-refractivity contribution < 1.29 is 4.18 Å². The summed E-state index contributed by atoms with van der Waals surface area (Å²) in [5, 5.41) is 0. The summed E-state index contributed by atoms with van der Waals surface area (Å²) in [6, 6.07) is 7.53. The highest BCUT2D eigenvalue weighted by molar-refractivity contribution is 9.10. The highest BCUT2D eigenvalue weighted by Crippen LogP contribution is 2.21. The fraction of sp³-hybridized carbons (Fsp3) is 0.143. The van der Waals surface area contributed by atoms with Gasteiger partial charge in [0.2, 0.25) is 0 Å². The molecule has 0 heterocycles. The zero-order valence-corrected chi connectivity index (χ0v) is 9.49. The zero-order chi connectivity index (χ0) is 8.97. The molecule has 0 unspecified atom stereocenters. The minimum Gasteiger partial charge on any atom is -0.409 e. The molecule has 0 aliphatic heterocycles. The summed E-state index contributed by atoms with van der Waals surface area (Å²) in [4.78, 5) is 0. The molecule has 1 rings (SSSR count). The van der Waals surface area contributed by atoms with Crippen LogP contribution in [0.5, 0.6) is 5.75 Å². The molecule has 0 atom stereocenters. The summed E-state index contributed by atoms with van der Waals surface area (Å²) in [7, 11) is 1.70. The van der Waals surface area contributed by atoms with Gasteiger partial charge in [-0.25, -0.2) is 0 Å². The fourth-order valence-electron chi connectivity index (χ4n) is 0.585. The Balaban J connectivity index is 2.48. The van der Waals surface area contributed by atoms with Gasteiger partial charge in [0.15, 0.2) is 12.2 Å². The maximum Gasteiger partial charge on any atom is 0.162 e. The molecule has 0 aliphatic rings. The maximum absolute atomic E-state index is 5.52. The lowest BCUT2D eigenvalue weighted by molar-refractivity contribution is 0.618. The van der Waals surface area contributed by atoms with Crippen LogP contribution in [0.15, 0.2) is 28.7 Å². The van der Waals surface area contributed by atoms with Crippen LogP contribution >= 0.6 is 39.9 Å². The van der Waals surface area contributed by atoms with Crippen LogP contribution in [0.1, 0.15) is 0 Å². The summed E-state index contributed by atoms with van der Waals surface area (Å²) >= 11 is 9.92. The van der Waals surface area contributed by atoms with Gasteiger partial charge in [-0.2, -0.15) is 0 Å². The SMILES string of the molecule is CN(Cl)SOc1ccc(Br)cc1. The van der Waals surface area contributed by atoms with Gasteiger partial charge in [-0.05, 0) is 36.0 Å². The molecule has 0 spiro atoms. The molecule has 0 amide bonds. The van der Waals surface area contributed by atoms with E-state index in [9.17, 15) is 0 Å². The summed E-state index contributed by atoms with van der Waals surface area (Å²) < 4.78 is 7.60. The molecule has 0 N–H and O–H groups in total. The molecule has 0 aromatic heterocycles. The third kappa shape index (κ3) is 3.67. The van der Waals surface area contributed by atoms with Crippen molar-refractivity contribution in [2.75, 3.05) is 7.05 Å². The van der Waals surface area contributed by atoms with Gasteiger partial charge >= 0.3 is 0 Å². The number of nitrogens with zero attached hydrogens (tertiary/aromatic N) is 1. The Morgan fingerprint density at radius 1 is 1.42 bits per heavy atom. The number of hydrogen-bond donors (Lipinski definition) is 0. The van der Waals surface area contributed by atoms with Crippen molar-refractivity contribution in [1.82, 2.24) is 3.82 Å². The smallest absolute Gasteiger partial charge is 0.162 e. The molecule has 2 nitrogen and oxygen atoms in total. The Kier molecular flexibility index (Phi) is 4.21. The van der Waals surface area contributed by atoms with E-state index in [1.54, 1.807) is 7.05 Å². The number of halogens is 2. The van der Waals surface area contributed by atoms with Crippen molar-refractivity contribution in [2.45, 2.75) is 0 Å². The monoisotopic (exact) mass is 267 g/mol. The Morgan fingerprint density at radius 3 is 2.50 bits per heavy atom. The predicted molar refractivity (Wildman–Crippen MR) is 56.0 cm³/mol. The highest BCUT2D eigenvalue weighted by Gasteiger charge is 1.96. The molecule has 1 aromatic carbocycles. The fourth-order valence-corrected chi connectivity index (χ4v) is 1.23. The minimum atomic E-state index is 0.774. The van der Waals surface area contributed by atoms with Gasteiger partial charge in [-0.3, -0.25) is 0 Å². The Labute approximate surface area is 89.4 Å². The molecule has 0 bridgehead atoms. The van der Waals surface area contributed by atoms with Gasteiger partial charge in [-0.1, -0.05) is 15.9 Å². The molecule has 0 saturated carbocycles. The van der Waals surface area contributed by atoms with Crippen LogP contribution in [0, 0.1) is 0 Å². The summed E-state index contributed by atoms with van der Waals surface area (Å²) in [6.45, 7) is 0. The molecule has 0 saturated heterocycles. The van der Waals surface area contributed by atoms with Crippen LogP contribution in [0.4, 0.5) is 0 Å². The lowest BCUT2D eigenvalue weighted by Gasteiger charge is -2.05. The van der Waals surface area contributed by atoms with Gasteiger partial charge < -0.3 is 4.18 Å². The molecular formula is C7H7BrClNOS. The first-order valence-electron chi connectivity index (χ1n) is 3.18. The van der Waals surface area contributed by atoms with Gasteiger partial charge in [0.1, 0.15) is 5.75 Å². The molecular weight excluding hydrogens is 262 g/mol. The lowest BCUT2D eigenvalue weighted by atomic mass is 10.3. The van der Waals surface area contributed by atoms with Gasteiger partial charge in [0.25, 0.3) is 0 Å². The van der Waals surface area contributed by atoms with Crippen molar-refractivity contribution in [3.63, 3.8) is 0 Å². The van der Waals surface area contributed by atoms with Crippen molar-refractivity contribution in [2.24, 2.45) is 0 Å². The molecule has 12 heavy (non-hydrogen) atoms. The second-order valence-electron chi connectivity index (χ2n) is 2.03. The van der Waals surface area contributed by atoms with Gasteiger partial charge in [0.05, 0.1) is 0 Å². The van der Waals surface area contributed by atoms with Gasteiger partial charge in [0, 0.05) is 11.5 Å². The normalized spacial score (nSPS) is 10.3. The number of benzene rings is 1. The van der Waals surface area contributed by atoms with Crippen LogP contribution in [-0.2, 0) is 0 Å². The van der Waals surface area contributed by atoms with Crippen molar-refractivity contribution >= 4 is 39.9 Å². The highest BCUT2D eigenvalue weighted by atomic mass is 79.9. The molecule has 0 radical (unpaired) electrons. The van der Waals surface area contributed by atoms with E-state index in [1.807, 2.05) is 24.3 Å². The van der Waals surface area contributed by atoms with E-state index in [1.165, 1.54) is 3.82 Å². The van der Waals surface area contributed by atoms with E-state index in [0.29, 0.717) is 0 Å². The van der Waals surface area contributed by atoms with Gasteiger partial charge in [-0.15, -0.1) is 3.82 Å². The Morgan fingerprint density at radius 2 is 2.00 bits per heavy atom. The second kappa shape index (κ2) is 4.97. The van der Waals surface area contributed by atoms with Crippen LogP contribution in [-0.4, -0.2) is 10.9 Å². The van der Waals surface area contributed by atoms with Crippen molar-refractivity contribution in [3.05, 3.63) is 28.7 Å². The van der Waals surface area contributed by atoms with E-state index in [0.717, 1.165) is 22.5 Å². The van der Waals surface area contributed by atoms with Crippen LogP contribution in [0.2, 0.25) is 0 Å². The first-order valence-corrected chi connectivity index (χ1v) is 5.01. The van der Waals surface area contributed by atoms with E-state index in [4.69, 9.17) is 16.0 Å². The third-order valence-electron chi connectivity index (χ3n) is 1.05. The Bertz CT molecular complexity index is 242. The largest absolute Gasteiger partial charge is 0.409 e. The van der Waals surface area contributed by atoms with Crippen LogP contribution in [0.25, 0.3) is 0 Å². The predicted octanol–water partition coefficient (Wildman–Crippen LogP) is 3.48. The number of rotatable bonds is 3. The maximum atomic E-state index is 5.52. The minimum absolute atomic E-state index is 0.774. The van der Waals surface area contributed by atoms with E-state index in [-0.39, 0.29) is 0 Å². The van der Waals surface area contributed by atoms with Crippen LogP contribution in [0.3, 0.4) is 0 Å². The molecule has 5 heteroatoms. The first kappa shape index (κ1) is 10.2. The lowest BCUT2D eigenvalue weighted by Crippen LogP contribution is -1.94. The molecule has 66 valence electrons. The Hall–Kier alpha value is 0.1000. The zero-order valence-electron chi connectivity index (χ0n) is 6.33. The second-order valence-corrected chi connectivity index (χ2v) is 4.52. The van der Waals surface area contributed by atoms with Crippen molar-refractivity contribution in [1.29, 1.82) is 0 Å². The van der Waals surface area contributed by atoms with E-state index < -0.39 is 0 Å². The van der Waals surface area contributed by atoms with Crippen molar-refractivity contribution in [3.8, 4) is 5.75 Å². The van der Waals surface area contributed by atoms with E-state index in [2.05, 4.69) is 15.9 Å². The molecule has 0 fully saturated rings. The number of hydrogen-bond acceptors (Lipinski definition) is 3. The summed E-state index contributed by atoms with van der Waals surface area (Å²) in [5.41, 5.74) is 0. The molecule has 1 aromatic rings. The average Bonchev–Trinajstić information content (AvgIpc) is 2.03. The quantitative estimate of drug-likeness (QED) is 0.473. The standard InChI is InChI=1S/C7H7BrClNOS/c1-10(9)12-11-7-4-2-6(8)3-5-7/h2-5H,1H3. The van der Waals surface area contributed by atoms with E-state index >= 15 is 0 Å². The topological polar surface area (TPSA) is 12.5 Å². The first-order chi connectivity index (χ1) is 5.68. The molecule has 0 aliphatic carbocycles.